The number of rotatable bonds is 4. The first kappa shape index (κ1) is 15.7. The number of nitrogens with zero attached hydrogens (tertiary/aromatic N) is 2. The number of carbonyl (C=O) groups is 1. The van der Waals surface area contributed by atoms with Crippen LogP contribution < -0.4 is 0 Å². The molecule has 1 saturated heterocycles. The van der Waals surface area contributed by atoms with Crippen molar-refractivity contribution in [3.05, 3.63) is 41.8 Å². The predicted octanol–water partition coefficient (Wildman–Crippen LogP) is 2.83. The Hall–Kier alpha value is -2.14. The summed E-state index contributed by atoms with van der Waals surface area (Å²) in [6, 6.07) is 10.00. The van der Waals surface area contributed by atoms with E-state index < -0.39 is 0 Å². The van der Waals surface area contributed by atoms with E-state index in [0.29, 0.717) is 17.3 Å². The van der Waals surface area contributed by atoms with Gasteiger partial charge in [0.05, 0.1) is 12.1 Å². The fourth-order valence-corrected chi connectivity index (χ4v) is 2.84. The highest BCUT2D eigenvalue weighted by molar-refractivity contribution is 5.78. The smallest absolute Gasteiger partial charge is 0.228 e. The fraction of sp³-hybridized carbons (Fsp3) is 0.444. The Labute approximate surface area is 136 Å². The molecule has 1 aromatic heterocycles. The quantitative estimate of drug-likeness (QED) is 0.871. The Balaban J connectivity index is 1.70. The number of aryl methyl sites for hydroxylation is 1. The van der Waals surface area contributed by atoms with E-state index in [1.165, 1.54) is 0 Å². The van der Waals surface area contributed by atoms with Crippen LogP contribution in [0.15, 0.2) is 34.7 Å². The zero-order valence-corrected chi connectivity index (χ0v) is 13.6. The van der Waals surface area contributed by atoms with Gasteiger partial charge in [0.15, 0.2) is 0 Å². The van der Waals surface area contributed by atoms with Crippen LogP contribution in [-0.4, -0.2) is 42.1 Å². The summed E-state index contributed by atoms with van der Waals surface area (Å²) in [7, 11) is 1.87. The molecule has 0 unspecified atom stereocenters. The Morgan fingerprint density at radius 2 is 1.96 bits per heavy atom. The molecule has 1 aliphatic rings. The lowest BCUT2D eigenvalue weighted by molar-refractivity contribution is -0.132. The lowest BCUT2D eigenvalue weighted by Gasteiger charge is -2.31. The normalized spacial score (nSPS) is 15.6. The summed E-state index contributed by atoms with van der Waals surface area (Å²) in [6.07, 6.45) is 2.07. The minimum atomic E-state index is 0.0768. The second kappa shape index (κ2) is 6.96. The summed E-state index contributed by atoms with van der Waals surface area (Å²) < 4.78 is 11.1. The molecular formula is C18H22N2O3. The lowest BCUT2D eigenvalue weighted by atomic mass is 10.1. The first-order valence-electron chi connectivity index (χ1n) is 8.00. The van der Waals surface area contributed by atoms with Crippen LogP contribution in [0.2, 0.25) is 0 Å². The minimum Gasteiger partial charge on any atom is -0.441 e. The van der Waals surface area contributed by atoms with Gasteiger partial charge >= 0.3 is 0 Å². The molecule has 0 bridgehead atoms. The standard InChI is InChI=1S/C18H22N2O3/c1-13-16(19-18(23-13)14-6-4-3-5-7-14)12-17(21)20(2)15-8-10-22-11-9-15/h3-7,15H,8-12H2,1-2H3. The van der Waals surface area contributed by atoms with Crippen molar-refractivity contribution >= 4 is 5.91 Å². The molecule has 1 amide bonds. The number of hydrogen-bond donors (Lipinski definition) is 0. The minimum absolute atomic E-state index is 0.0768. The van der Waals surface area contributed by atoms with Crippen molar-refractivity contribution in [3.8, 4) is 11.5 Å². The molecule has 0 saturated carbocycles. The third-order valence-corrected chi connectivity index (χ3v) is 4.36. The third-order valence-electron chi connectivity index (χ3n) is 4.36. The molecular weight excluding hydrogens is 292 g/mol. The number of likely N-dealkylation sites (N-methyl/N-ethyl adjacent to an activating group) is 1. The van der Waals surface area contributed by atoms with Crippen LogP contribution in [0.25, 0.3) is 11.5 Å². The number of aromatic nitrogens is 1. The summed E-state index contributed by atoms with van der Waals surface area (Å²) in [4.78, 5) is 18.9. The molecule has 5 heteroatoms. The van der Waals surface area contributed by atoms with Gasteiger partial charge in [-0.15, -0.1) is 0 Å². The second-order valence-electron chi connectivity index (χ2n) is 5.91. The van der Waals surface area contributed by atoms with Crippen molar-refractivity contribution in [2.75, 3.05) is 20.3 Å². The van der Waals surface area contributed by atoms with Crippen molar-refractivity contribution < 1.29 is 13.9 Å². The van der Waals surface area contributed by atoms with E-state index in [2.05, 4.69) is 4.98 Å². The van der Waals surface area contributed by atoms with Gasteiger partial charge in [-0.1, -0.05) is 18.2 Å². The SMILES string of the molecule is Cc1oc(-c2ccccc2)nc1CC(=O)N(C)C1CCOCC1. The maximum Gasteiger partial charge on any atom is 0.228 e. The number of oxazole rings is 1. The highest BCUT2D eigenvalue weighted by atomic mass is 16.5. The average molecular weight is 314 g/mol. The third kappa shape index (κ3) is 3.62. The molecule has 0 radical (unpaired) electrons. The number of hydrogen-bond acceptors (Lipinski definition) is 4. The van der Waals surface area contributed by atoms with Gasteiger partial charge in [0.1, 0.15) is 5.76 Å². The molecule has 0 N–H and O–H groups in total. The Kier molecular flexibility index (Phi) is 4.76. The van der Waals surface area contributed by atoms with Crippen molar-refractivity contribution in [2.24, 2.45) is 0 Å². The van der Waals surface area contributed by atoms with Crippen LogP contribution in [0, 0.1) is 6.92 Å². The zero-order valence-electron chi connectivity index (χ0n) is 13.6. The number of benzene rings is 1. The Morgan fingerprint density at radius 1 is 1.26 bits per heavy atom. The number of ether oxygens (including phenoxy) is 1. The van der Waals surface area contributed by atoms with E-state index in [-0.39, 0.29) is 18.4 Å². The maximum atomic E-state index is 12.5. The van der Waals surface area contributed by atoms with E-state index in [1.54, 1.807) is 0 Å². The van der Waals surface area contributed by atoms with E-state index in [1.807, 2.05) is 49.2 Å². The van der Waals surface area contributed by atoms with Gasteiger partial charge in [-0.2, -0.15) is 0 Å². The Bertz CT molecular complexity index is 660. The molecule has 0 spiro atoms. The number of amides is 1. The molecule has 2 aromatic rings. The van der Waals surface area contributed by atoms with Crippen molar-refractivity contribution in [1.29, 1.82) is 0 Å². The molecule has 23 heavy (non-hydrogen) atoms. The molecule has 3 rings (SSSR count). The van der Waals surface area contributed by atoms with Gasteiger partial charge < -0.3 is 14.1 Å². The lowest BCUT2D eigenvalue weighted by Crippen LogP contribution is -2.41. The molecule has 1 aromatic carbocycles. The maximum absolute atomic E-state index is 12.5. The van der Waals surface area contributed by atoms with Crippen LogP contribution in [0.5, 0.6) is 0 Å². The van der Waals surface area contributed by atoms with Crippen molar-refractivity contribution in [2.45, 2.75) is 32.2 Å². The zero-order chi connectivity index (χ0) is 16.2. The topological polar surface area (TPSA) is 55.6 Å². The molecule has 0 atom stereocenters. The Morgan fingerprint density at radius 3 is 2.65 bits per heavy atom. The molecule has 1 aliphatic heterocycles. The highest BCUT2D eigenvalue weighted by Gasteiger charge is 2.24. The van der Waals surface area contributed by atoms with Crippen molar-refractivity contribution in [1.82, 2.24) is 9.88 Å². The summed E-state index contributed by atoms with van der Waals surface area (Å²) in [5.41, 5.74) is 1.64. The summed E-state index contributed by atoms with van der Waals surface area (Å²) in [5, 5.41) is 0. The summed E-state index contributed by atoms with van der Waals surface area (Å²) >= 11 is 0. The van der Waals surface area contributed by atoms with Crippen LogP contribution >= 0.6 is 0 Å². The molecule has 1 fully saturated rings. The predicted molar refractivity (Wildman–Crippen MR) is 87.0 cm³/mol. The van der Waals surface area contributed by atoms with Gasteiger partial charge in [-0.25, -0.2) is 4.98 Å². The second-order valence-corrected chi connectivity index (χ2v) is 5.91. The van der Waals surface area contributed by atoms with E-state index in [9.17, 15) is 4.79 Å². The van der Waals surface area contributed by atoms with E-state index >= 15 is 0 Å². The van der Waals surface area contributed by atoms with Gasteiger partial charge in [0, 0.05) is 31.9 Å². The van der Waals surface area contributed by atoms with Crippen LogP contribution in [-0.2, 0) is 16.0 Å². The van der Waals surface area contributed by atoms with Gasteiger partial charge in [0.25, 0.3) is 0 Å². The van der Waals surface area contributed by atoms with Gasteiger partial charge in [0.2, 0.25) is 11.8 Å². The largest absolute Gasteiger partial charge is 0.441 e. The molecule has 2 heterocycles. The van der Waals surface area contributed by atoms with E-state index in [4.69, 9.17) is 9.15 Å². The summed E-state index contributed by atoms with van der Waals surface area (Å²) in [6.45, 7) is 3.31. The highest BCUT2D eigenvalue weighted by Crippen LogP contribution is 2.22. The van der Waals surface area contributed by atoms with Gasteiger partial charge in [-0.3, -0.25) is 4.79 Å². The number of carbonyl (C=O) groups excluding carboxylic acids is 1. The first-order chi connectivity index (χ1) is 11.1. The van der Waals surface area contributed by atoms with E-state index in [0.717, 1.165) is 31.6 Å². The van der Waals surface area contributed by atoms with Crippen LogP contribution in [0.3, 0.4) is 0 Å². The summed E-state index contributed by atoms with van der Waals surface area (Å²) in [5.74, 6) is 1.35. The first-order valence-corrected chi connectivity index (χ1v) is 8.00. The molecule has 0 aliphatic carbocycles. The molecule has 122 valence electrons. The van der Waals surface area contributed by atoms with Crippen molar-refractivity contribution in [3.63, 3.8) is 0 Å². The van der Waals surface area contributed by atoms with Gasteiger partial charge in [-0.05, 0) is 31.9 Å². The van der Waals surface area contributed by atoms with Crippen LogP contribution in [0.1, 0.15) is 24.3 Å². The fourth-order valence-electron chi connectivity index (χ4n) is 2.84. The van der Waals surface area contributed by atoms with Crippen LogP contribution in [0.4, 0.5) is 0 Å². The molecule has 5 nitrogen and oxygen atoms in total. The average Bonchev–Trinajstić information content (AvgIpc) is 2.96. The monoisotopic (exact) mass is 314 g/mol.